The molecule has 0 atom stereocenters. The van der Waals surface area contributed by atoms with Crippen LogP contribution < -0.4 is 5.32 Å². The molecule has 0 fully saturated rings. The van der Waals surface area contributed by atoms with Gasteiger partial charge in [0.05, 0.1) is 9.75 Å². The molecule has 1 rings (SSSR count). The van der Waals surface area contributed by atoms with Crippen molar-refractivity contribution < 1.29 is 9.90 Å². The van der Waals surface area contributed by atoms with Crippen molar-refractivity contribution in [1.29, 1.82) is 0 Å². The highest BCUT2D eigenvalue weighted by atomic mass is 35.5. The highest BCUT2D eigenvalue weighted by Crippen LogP contribution is 2.31. The molecule has 0 unspecified atom stereocenters. The van der Waals surface area contributed by atoms with Gasteiger partial charge in [0.15, 0.2) is 0 Å². The Kier molecular flexibility index (Phi) is 4.23. The first-order chi connectivity index (χ1) is 7.67. The van der Waals surface area contributed by atoms with Crippen molar-refractivity contribution >= 4 is 28.9 Å². The minimum absolute atomic E-state index is 0.505. The monoisotopic (exact) mass is 275 g/mol. The van der Waals surface area contributed by atoms with Crippen molar-refractivity contribution in [2.24, 2.45) is 5.41 Å². The van der Waals surface area contributed by atoms with Gasteiger partial charge in [0.2, 0.25) is 0 Å². The van der Waals surface area contributed by atoms with E-state index in [4.69, 9.17) is 11.6 Å². The number of thiophene rings is 1. The highest BCUT2D eigenvalue weighted by molar-refractivity contribution is 7.16. The molecule has 0 amide bonds. The normalized spacial score (nSPS) is 12.8. The van der Waals surface area contributed by atoms with Crippen molar-refractivity contribution in [2.45, 2.75) is 39.8 Å². The largest absolute Gasteiger partial charge is 0.481 e. The van der Waals surface area contributed by atoms with Crippen LogP contribution in [0, 0.1) is 5.41 Å². The lowest BCUT2D eigenvalue weighted by Gasteiger charge is -2.39. The summed E-state index contributed by atoms with van der Waals surface area (Å²) in [6.07, 6.45) is 0. The molecule has 0 spiro atoms. The van der Waals surface area contributed by atoms with Crippen molar-refractivity contribution in [1.82, 2.24) is 5.32 Å². The predicted molar refractivity (Wildman–Crippen MR) is 71.7 cm³/mol. The number of carbonyl (C=O) groups is 1. The van der Waals surface area contributed by atoms with Gasteiger partial charge in [0.25, 0.3) is 0 Å². The molecule has 0 aliphatic rings. The predicted octanol–water partition coefficient (Wildman–Crippen LogP) is 3.38. The van der Waals surface area contributed by atoms with Gasteiger partial charge < -0.3 is 10.4 Å². The highest BCUT2D eigenvalue weighted by Gasteiger charge is 2.42. The zero-order chi connectivity index (χ0) is 13.3. The van der Waals surface area contributed by atoms with Crippen LogP contribution in [0.3, 0.4) is 0 Å². The van der Waals surface area contributed by atoms with E-state index in [2.05, 4.69) is 5.32 Å². The van der Waals surface area contributed by atoms with Gasteiger partial charge in [-0.25, -0.2) is 0 Å². The number of carboxylic acid groups (broad SMARTS) is 1. The lowest BCUT2D eigenvalue weighted by Crippen LogP contribution is -2.54. The molecule has 1 aromatic heterocycles. The number of hydrogen-bond acceptors (Lipinski definition) is 3. The molecule has 1 aromatic rings. The second kappa shape index (κ2) is 4.96. The average molecular weight is 276 g/mol. The molecular formula is C12H18ClNO2S. The molecule has 3 nitrogen and oxygen atoms in total. The molecule has 0 radical (unpaired) electrons. The van der Waals surface area contributed by atoms with Crippen molar-refractivity contribution in [2.75, 3.05) is 0 Å². The number of carboxylic acids is 1. The van der Waals surface area contributed by atoms with Gasteiger partial charge in [0, 0.05) is 17.0 Å². The van der Waals surface area contributed by atoms with E-state index in [0.717, 1.165) is 9.21 Å². The smallest absolute Gasteiger partial charge is 0.310 e. The Balaban J connectivity index is 2.70. The minimum Gasteiger partial charge on any atom is -0.481 e. The van der Waals surface area contributed by atoms with Crippen molar-refractivity contribution in [3.63, 3.8) is 0 Å². The van der Waals surface area contributed by atoms with Gasteiger partial charge in [-0.2, -0.15) is 0 Å². The zero-order valence-corrected chi connectivity index (χ0v) is 12.1. The molecule has 0 aromatic carbocycles. The third-order valence-electron chi connectivity index (χ3n) is 3.43. The van der Waals surface area contributed by atoms with E-state index in [-0.39, 0.29) is 0 Å². The van der Waals surface area contributed by atoms with Crippen LogP contribution >= 0.6 is 22.9 Å². The summed E-state index contributed by atoms with van der Waals surface area (Å²) in [6, 6.07) is 3.79. The second-order valence-electron chi connectivity index (χ2n) is 5.11. The summed E-state index contributed by atoms with van der Waals surface area (Å²) in [5, 5.41) is 12.5. The maximum Gasteiger partial charge on any atom is 0.310 e. The molecule has 5 heteroatoms. The van der Waals surface area contributed by atoms with Gasteiger partial charge >= 0.3 is 5.97 Å². The Morgan fingerprint density at radius 3 is 2.41 bits per heavy atom. The van der Waals surface area contributed by atoms with Crippen LogP contribution in [0.4, 0.5) is 0 Å². The van der Waals surface area contributed by atoms with Gasteiger partial charge in [-0.05, 0) is 39.8 Å². The van der Waals surface area contributed by atoms with Crippen molar-refractivity contribution in [3.8, 4) is 0 Å². The topological polar surface area (TPSA) is 49.3 Å². The van der Waals surface area contributed by atoms with E-state index in [0.29, 0.717) is 6.54 Å². The number of halogens is 1. The van der Waals surface area contributed by atoms with E-state index >= 15 is 0 Å². The van der Waals surface area contributed by atoms with Gasteiger partial charge in [-0.15, -0.1) is 11.3 Å². The standard InChI is InChI=1S/C12H18ClNO2S/c1-11(2,10(15)16)12(3,4)14-7-8-5-6-9(13)17-8/h5-6,14H,7H2,1-4H3,(H,15,16). The molecule has 17 heavy (non-hydrogen) atoms. The maximum atomic E-state index is 11.2. The lowest BCUT2D eigenvalue weighted by molar-refractivity contribution is -0.151. The van der Waals surface area contributed by atoms with E-state index in [9.17, 15) is 9.90 Å². The van der Waals surface area contributed by atoms with Crippen LogP contribution in [0.2, 0.25) is 4.34 Å². The van der Waals surface area contributed by atoms with Crippen LogP contribution in [0.5, 0.6) is 0 Å². The van der Waals surface area contributed by atoms with Crippen LogP contribution in [0.15, 0.2) is 12.1 Å². The molecule has 0 saturated heterocycles. The Bertz CT molecular complexity index is 412. The summed E-state index contributed by atoms with van der Waals surface area (Å²) in [4.78, 5) is 12.3. The summed E-state index contributed by atoms with van der Waals surface area (Å²) in [7, 11) is 0. The molecule has 0 aliphatic carbocycles. The molecule has 96 valence electrons. The first-order valence-electron chi connectivity index (χ1n) is 5.39. The Hall–Kier alpha value is -0.580. The van der Waals surface area contributed by atoms with E-state index < -0.39 is 16.9 Å². The quantitative estimate of drug-likeness (QED) is 0.866. The third-order valence-corrected chi connectivity index (χ3v) is 4.66. The van der Waals surface area contributed by atoms with E-state index in [1.54, 1.807) is 13.8 Å². The number of rotatable bonds is 5. The summed E-state index contributed by atoms with van der Waals surface area (Å²) < 4.78 is 0.747. The van der Waals surface area contributed by atoms with Gasteiger partial charge in [-0.1, -0.05) is 11.6 Å². The van der Waals surface area contributed by atoms with Crippen LogP contribution in [0.1, 0.15) is 32.6 Å². The van der Waals surface area contributed by atoms with Crippen LogP contribution in [0.25, 0.3) is 0 Å². The number of hydrogen-bond donors (Lipinski definition) is 2. The molecular weight excluding hydrogens is 258 g/mol. The first-order valence-corrected chi connectivity index (χ1v) is 6.59. The Labute approximate surface area is 111 Å². The maximum absolute atomic E-state index is 11.2. The molecule has 1 heterocycles. The summed E-state index contributed by atoms with van der Waals surface area (Å²) >= 11 is 7.35. The lowest BCUT2D eigenvalue weighted by atomic mass is 9.74. The van der Waals surface area contributed by atoms with E-state index in [1.807, 2.05) is 26.0 Å². The average Bonchev–Trinajstić information content (AvgIpc) is 2.61. The third kappa shape index (κ3) is 3.21. The van der Waals surface area contributed by atoms with E-state index in [1.165, 1.54) is 11.3 Å². The summed E-state index contributed by atoms with van der Waals surface area (Å²) in [5.41, 5.74) is -1.34. The van der Waals surface area contributed by atoms with Crippen LogP contribution in [-0.4, -0.2) is 16.6 Å². The number of aliphatic carboxylic acids is 1. The van der Waals surface area contributed by atoms with Gasteiger partial charge in [-0.3, -0.25) is 4.79 Å². The number of nitrogens with one attached hydrogen (secondary N) is 1. The summed E-state index contributed by atoms with van der Waals surface area (Å²) in [6.45, 7) is 7.88. The molecule has 2 N–H and O–H groups in total. The Morgan fingerprint density at radius 1 is 1.41 bits per heavy atom. The Morgan fingerprint density at radius 2 is 2.00 bits per heavy atom. The zero-order valence-electron chi connectivity index (χ0n) is 10.5. The molecule has 0 aliphatic heterocycles. The van der Waals surface area contributed by atoms with Crippen molar-refractivity contribution in [3.05, 3.63) is 21.3 Å². The summed E-state index contributed by atoms with van der Waals surface area (Å²) in [5.74, 6) is -0.806. The fourth-order valence-electron chi connectivity index (χ4n) is 1.24. The minimum atomic E-state index is -0.839. The fourth-order valence-corrected chi connectivity index (χ4v) is 2.27. The molecule has 0 bridgehead atoms. The second-order valence-corrected chi connectivity index (χ2v) is 6.91. The molecule has 0 saturated carbocycles. The van der Waals surface area contributed by atoms with Gasteiger partial charge in [0.1, 0.15) is 0 Å². The fraction of sp³-hybridized carbons (Fsp3) is 0.583. The van der Waals surface area contributed by atoms with Crippen LogP contribution in [-0.2, 0) is 11.3 Å². The SMILES string of the molecule is CC(C)(NCc1ccc(Cl)s1)C(C)(C)C(=O)O. The first kappa shape index (κ1) is 14.5.